The van der Waals surface area contributed by atoms with Gasteiger partial charge in [0.15, 0.2) is 5.82 Å². The molecule has 0 atom stereocenters. The summed E-state index contributed by atoms with van der Waals surface area (Å²) in [6.45, 7) is 2.72. The summed E-state index contributed by atoms with van der Waals surface area (Å²) in [5.41, 5.74) is 4.33. The molecule has 0 aliphatic rings. The molecule has 8 nitrogen and oxygen atoms in total. The van der Waals surface area contributed by atoms with Crippen molar-refractivity contribution in [3.8, 4) is 11.4 Å². The summed E-state index contributed by atoms with van der Waals surface area (Å²) in [5.74, 6) is 0.383. The third-order valence-corrected chi connectivity index (χ3v) is 4.49. The zero-order chi connectivity index (χ0) is 19.5. The predicted octanol–water partition coefficient (Wildman–Crippen LogP) is 2.68. The summed E-state index contributed by atoms with van der Waals surface area (Å²) in [5, 5.41) is 18.7. The third kappa shape index (κ3) is 3.66. The van der Waals surface area contributed by atoms with E-state index in [1.54, 1.807) is 40.8 Å². The van der Waals surface area contributed by atoms with Crippen LogP contribution in [0.25, 0.3) is 11.4 Å². The molecule has 2 aromatic carbocycles. The van der Waals surface area contributed by atoms with Gasteiger partial charge >= 0.3 is 0 Å². The first-order valence-electron chi connectivity index (χ1n) is 8.81. The number of anilines is 1. The fraction of sp³-hybridized carbons (Fsp3) is 0.150. The lowest BCUT2D eigenvalue weighted by atomic mass is 10.1. The van der Waals surface area contributed by atoms with E-state index < -0.39 is 0 Å². The number of nitrogens with one attached hydrogen (secondary N) is 1. The molecule has 4 rings (SSSR count). The summed E-state index contributed by atoms with van der Waals surface area (Å²) in [4.78, 5) is 12.6. The van der Waals surface area contributed by atoms with Crippen LogP contribution in [0.5, 0.6) is 0 Å². The lowest BCUT2D eigenvalue weighted by Crippen LogP contribution is -2.11. The summed E-state index contributed by atoms with van der Waals surface area (Å²) in [6, 6.07) is 15.3. The quantitative estimate of drug-likeness (QED) is 0.581. The van der Waals surface area contributed by atoms with Crippen molar-refractivity contribution in [1.82, 2.24) is 30.0 Å². The highest BCUT2D eigenvalue weighted by atomic mass is 16.1. The molecule has 1 N–H and O–H groups in total. The molecule has 0 saturated carbocycles. The molecule has 0 spiro atoms. The molecule has 0 unspecified atom stereocenters. The van der Waals surface area contributed by atoms with Gasteiger partial charge < -0.3 is 5.32 Å². The third-order valence-electron chi connectivity index (χ3n) is 4.49. The Labute approximate surface area is 161 Å². The van der Waals surface area contributed by atoms with Gasteiger partial charge in [0.25, 0.3) is 5.91 Å². The Balaban J connectivity index is 1.48. The SMILES string of the molecule is Cc1ccccc1Cn1cc(NC(=O)c2cccc(-c3nnnn3C)c2)cn1. The van der Waals surface area contributed by atoms with E-state index in [1.807, 2.05) is 24.4 Å². The number of rotatable bonds is 5. The van der Waals surface area contributed by atoms with Gasteiger partial charge in [-0.15, -0.1) is 5.10 Å². The van der Waals surface area contributed by atoms with Gasteiger partial charge in [0, 0.05) is 24.4 Å². The molecule has 8 heteroatoms. The van der Waals surface area contributed by atoms with Gasteiger partial charge in [-0.3, -0.25) is 9.48 Å². The zero-order valence-electron chi connectivity index (χ0n) is 15.6. The van der Waals surface area contributed by atoms with Crippen molar-refractivity contribution in [3.63, 3.8) is 0 Å². The number of hydrogen-bond acceptors (Lipinski definition) is 5. The molecule has 140 valence electrons. The lowest BCUT2D eigenvalue weighted by molar-refractivity contribution is 0.102. The first kappa shape index (κ1) is 17.6. The Hall–Kier alpha value is -3.81. The lowest BCUT2D eigenvalue weighted by Gasteiger charge is -2.06. The maximum absolute atomic E-state index is 12.6. The smallest absolute Gasteiger partial charge is 0.255 e. The Bertz CT molecular complexity index is 1130. The number of carbonyl (C=O) groups is 1. The second-order valence-electron chi connectivity index (χ2n) is 6.51. The molecule has 0 saturated heterocycles. The first-order valence-corrected chi connectivity index (χ1v) is 8.81. The van der Waals surface area contributed by atoms with E-state index in [0.29, 0.717) is 23.6 Å². The van der Waals surface area contributed by atoms with Crippen LogP contribution in [-0.2, 0) is 13.6 Å². The highest BCUT2D eigenvalue weighted by Gasteiger charge is 2.12. The minimum atomic E-state index is -0.215. The molecule has 1 amide bonds. The van der Waals surface area contributed by atoms with Crippen molar-refractivity contribution in [3.05, 3.63) is 77.6 Å². The molecule has 0 aliphatic carbocycles. The van der Waals surface area contributed by atoms with Crippen LogP contribution in [0.4, 0.5) is 5.69 Å². The number of benzene rings is 2. The average Bonchev–Trinajstić information content (AvgIpc) is 3.32. The second-order valence-corrected chi connectivity index (χ2v) is 6.51. The standard InChI is InChI=1S/C20H19N7O/c1-14-6-3-4-7-17(14)12-27-13-18(11-21-27)22-20(28)16-9-5-8-15(10-16)19-23-24-25-26(19)2/h3-11,13H,12H2,1-2H3,(H,22,28). The van der Waals surface area contributed by atoms with Crippen molar-refractivity contribution < 1.29 is 4.79 Å². The van der Waals surface area contributed by atoms with E-state index in [1.165, 1.54) is 11.1 Å². The van der Waals surface area contributed by atoms with Gasteiger partial charge in [0.1, 0.15) is 0 Å². The number of amides is 1. The van der Waals surface area contributed by atoms with Crippen LogP contribution in [0.2, 0.25) is 0 Å². The van der Waals surface area contributed by atoms with Crippen molar-refractivity contribution in [2.45, 2.75) is 13.5 Å². The maximum atomic E-state index is 12.6. The maximum Gasteiger partial charge on any atom is 0.255 e. The van der Waals surface area contributed by atoms with Crippen LogP contribution in [0.1, 0.15) is 21.5 Å². The number of tetrazole rings is 1. The number of hydrogen-bond donors (Lipinski definition) is 1. The van der Waals surface area contributed by atoms with Gasteiger partial charge in [-0.1, -0.05) is 36.4 Å². The summed E-state index contributed by atoms with van der Waals surface area (Å²) in [6.07, 6.45) is 3.47. The molecule has 2 heterocycles. The van der Waals surface area contributed by atoms with Crippen LogP contribution >= 0.6 is 0 Å². The van der Waals surface area contributed by atoms with E-state index in [9.17, 15) is 4.79 Å². The van der Waals surface area contributed by atoms with Crippen LogP contribution in [0.3, 0.4) is 0 Å². The summed E-state index contributed by atoms with van der Waals surface area (Å²) in [7, 11) is 1.75. The van der Waals surface area contributed by atoms with Gasteiger partial charge in [-0.05, 0) is 40.6 Å². The topological polar surface area (TPSA) is 90.5 Å². The Morgan fingerprint density at radius 2 is 2.00 bits per heavy atom. The molecule has 0 radical (unpaired) electrons. The number of aromatic nitrogens is 6. The predicted molar refractivity (Wildman–Crippen MR) is 105 cm³/mol. The van der Waals surface area contributed by atoms with Crippen LogP contribution in [0, 0.1) is 6.92 Å². The van der Waals surface area contributed by atoms with E-state index in [-0.39, 0.29) is 5.91 Å². The number of nitrogens with zero attached hydrogens (tertiary/aromatic N) is 6. The fourth-order valence-electron chi connectivity index (χ4n) is 2.95. The van der Waals surface area contributed by atoms with E-state index >= 15 is 0 Å². The average molecular weight is 373 g/mol. The first-order chi connectivity index (χ1) is 13.6. The number of carbonyl (C=O) groups excluding carboxylic acids is 1. The fourth-order valence-corrected chi connectivity index (χ4v) is 2.95. The van der Waals surface area contributed by atoms with Gasteiger partial charge in [-0.25, -0.2) is 4.68 Å². The van der Waals surface area contributed by atoms with Crippen LogP contribution in [-0.4, -0.2) is 35.9 Å². The van der Waals surface area contributed by atoms with Crippen molar-refractivity contribution in [1.29, 1.82) is 0 Å². The van der Waals surface area contributed by atoms with E-state index in [0.717, 1.165) is 5.56 Å². The Kier molecular flexibility index (Phi) is 4.67. The molecule has 0 aliphatic heterocycles. The molecule has 0 bridgehead atoms. The Morgan fingerprint density at radius 1 is 1.14 bits per heavy atom. The zero-order valence-corrected chi connectivity index (χ0v) is 15.6. The van der Waals surface area contributed by atoms with Gasteiger partial charge in [-0.2, -0.15) is 5.10 Å². The summed E-state index contributed by atoms with van der Waals surface area (Å²) >= 11 is 0. The highest BCUT2D eigenvalue weighted by Crippen LogP contribution is 2.18. The largest absolute Gasteiger partial charge is 0.319 e. The van der Waals surface area contributed by atoms with Crippen LogP contribution in [0.15, 0.2) is 60.9 Å². The van der Waals surface area contributed by atoms with Gasteiger partial charge in [0.2, 0.25) is 0 Å². The van der Waals surface area contributed by atoms with Gasteiger partial charge in [0.05, 0.1) is 18.4 Å². The van der Waals surface area contributed by atoms with Crippen molar-refractivity contribution in [2.24, 2.45) is 7.05 Å². The molecule has 2 aromatic heterocycles. The Morgan fingerprint density at radius 3 is 2.79 bits per heavy atom. The van der Waals surface area contributed by atoms with Crippen LogP contribution < -0.4 is 5.32 Å². The number of aryl methyl sites for hydroxylation is 2. The molecular weight excluding hydrogens is 354 g/mol. The molecule has 4 aromatic rings. The van der Waals surface area contributed by atoms with Crippen molar-refractivity contribution >= 4 is 11.6 Å². The van der Waals surface area contributed by atoms with E-state index in [2.05, 4.69) is 45.0 Å². The van der Waals surface area contributed by atoms with E-state index in [4.69, 9.17) is 0 Å². The molecular formula is C20H19N7O. The summed E-state index contributed by atoms with van der Waals surface area (Å²) < 4.78 is 3.37. The molecule has 0 fully saturated rings. The minimum absolute atomic E-state index is 0.215. The highest BCUT2D eigenvalue weighted by molar-refractivity contribution is 6.04. The monoisotopic (exact) mass is 373 g/mol. The molecule has 28 heavy (non-hydrogen) atoms. The van der Waals surface area contributed by atoms with Crippen molar-refractivity contribution in [2.75, 3.05) is 5.32 Å². The second kappa shape index (κ2) is 7.43. The minimum Gasteiger partial charge on any atom is -0.319 e. The normalized spacial score (nSPS) is 10.8.